The van der Waals surface area contributed by atoms with Crippen LogP contribution >= 0.6 is 0 Å². The van der Waals surface area contributed by atoms with Crippen LogP contribution in [0.1, 0.15) is 13.8 Å². The van der Waals surface area contributed by atoms with Crippen molar-refractivity contribution in [1.82, 2.24) is 5.43 Å². The summed E-state index contributed by atoms with van der Waals surface area (Å²) in [7, 11) is 0. The zero-order valence-electron chi connectivity index (χ0n) is 11.0. The fraction of sp³-hybridized carbons (Fsp3) is 0.417. The van der Waals surface area contributed by atoms with E-state index in [0.717, 1.165) is 12.1 Å². The number of nitrogens with one attached hydrogen (secondary N) is 1. The zero-order valence-corrected chi connectivity index (χ0v) is 11.0. The molecule has 0 spiro atoms. The Morgan fingerprint density at radius 2 is 1.70 bits per heavy atom. The molecule has 1 rings (SSSR count). The molecule has 5 nitrogen and oxygen atoms in total. The fourth-order valence-electron chi connectivity index (χ4n) is 1.26. The summed E-state index contributed by atoms with van der Waals surface area (Å²) in [5.41, 5.74) is 1.15. The number of carbonyl (C=O) groups excluding carboxylic acids is 1. The molecule has 0 atom stereocenters. The molecule has 3 N–H and O–H groups in total. The van der Waals surface area contributed by atoms with Gasteiger partial charge in [0.05, 0.1) is 5.41 Å². The number of ether oxygens (including phenoxy) is 2. The molecule has 1 amide bonds. The summed E-state index contributed by atoms with van der Waals surface area (Å²) in [6.45, 7) is 3.27. The number of halogens is 3. The number of alkyl halides is 3. The van der Waals surface area contributed by atoms with Gasteiger partial charge >= 0.3 is 6.36 Å². The Morgan fingerprint density at radius 3 is 2.15 bits per heavy atom. The zero-order chi connectivity index (χ0) is 15.4. The van der Waals surface area contributed by atoms with E-state index in [0.29, 0.717) is 5.75 Å². The molecule has 0 aliphatic carbocycles. The third-order valence-corrected chi connectivity index (χ3v) is 2.40. The Labute approximate surface area is 113 Å². The van der Waals surface area contributed by atoms with Crippen LogP contribution in [-0.4, -0.2) is 18.9 Å². The Balaban J connectivity index is 2.60. The van der Waals surface area contributed by atoms with Crippen molar-refractivity contribution in [2.45, 2.75) is 20.2 Å². The number of nitrogens with two attached hydrogens (primary N) is 1. The van der Waals surface area contributed by atoms with Crippen molar-refractivity contribution >= 4 is 5.91 Å². The van der Waals surface area contributed by atoms with Gasteiger partial charge < -0.3 is 9.47 Å². The van der Waals surface area contributed by atoms with E-state index >= 15 is 0 Å². The molecule has 8 heteroatoms. The lowest BCUT2D eigenvalue weighted by Gasteiger charge is -2.22. The summed E-state index contributed by atoms with van der Waals surface area (Å²) >= 11 is 0. The minimum absolute atomic E-state index is 0.0233. The second kappa shape index (κ2) is 6.00. The van der Waals surface area contributed by atoms with E-state index < -0.39 is 17.7 Å². The van der Waals surface area contributed by atoms with Crippen LogP contribution in [0.25, 0.3) is 0 Å². The van der Waals surface area contributed by atoms with Crippen molar-refractivity contribution in [3.8, 4) is 11.5 Å². The molecule has 0 aliphatic rings. The monoisotopic (exact) mass is 292 g/mol. The third kappa shape index (κ3) is 4.96. The van der Waals surface area contributed by atoms with E-state index in [1.54, 1.807) is 13.8 Å². The summed E-state index contributed by atoms with van der Waals surface area (Å²) in [5.74, 6) is 4.59. The third-order valence-electron chi connectivity index (χ3n) is 2.40. The van der Waals surface area contributed by atoms with E-state index in [-0.39, 0.29) is 12.4 Å². The molecule has 0 fully saturated rings. The van der Waals surface area contributed by atoms with Gasteiger partial charge in [0.1, 0.15) is 18.1 Å². The predicted octanol–water partition coefficient (Wildman–Crippen LogP) is 1.98. The van der Waals surface area contributed by atoms with E-state index in [4.69, 9.17) is 10.6 Å². The average Bonchev–Trinajstić information content (AvgIpc) is 2.35. The maximum atomic E-state index is 12.0. The molecule has 0 saturated carbocycles. The molecule has 0 aromatic heterocycles. The van der Waals surface area contributed by atoms with Crippen molar-refractivity contribution in [3.05, 3.63) is 24.3 Å². The molecule has 20 heavy (non-hydrogen) atoms. The minimum atomic E-state index is -4.73. The Bertz CT molecular complexity index is 458. The molecule has 0 radical (unpaired) electrons. The summed E-state index contributed by atoms with van der Waals surface area (Å²) in [5, 5.41) is 0. The molecule has 0 bridgehead atoms. The van der Waals surface area contributed by atoms with Gasteiger partial charge in [-0.25, -0.2) is 5.84 Å². The quantitative estimate of drug-likeness (QED) is 0.494. The van der Waals surface area contributed by atoms with Crippen LogP contribution in [0, 0.1) is 5.41 Å². The second-order valence-electron chi connectivity index (χ2n) is 4.67. The van der Waals surface area contributed by atoms with Gasteiger partial charge in [-0.2, -0.15) is 0 Å². The lowest BCUT2D eigenvalue weighted by atomic mass is 9.94. The van der Waals surface area contributed by atoms with Crippen molar-refractivity contribution in [2.75, 3.05) is 6.61 Å². The maximum absolute atomic E-state index is 12.0. The first kappa shape index (κ1) is 16.1. The summed E-state index contributed by atoms with van der Waals surface area (Å²) in [6.07, 6.45) is -4.73. The molecule has 0 saturated heterocycles. The van der Waals surface area contributed by atoms with Crippen LogP contribution in [0.3, 0.4) is 0 Å². The summed E-state index contributed by atoms with van der Waals surface area (Å²) in [6, 6.07) is 4.88. The van der Waals surface area contributed by atoms with Crippen LogP contribution in [0.15, 0.2) is 24.3 Å². The van der Waals surface area contributed by atoms with Gasteiger partial charge in [-0.15, -0.1) is 13.2 Å². The number of carbonyl (C=O) groups is 1. The van der Waals surface area contributed by atoms with E-state index in [9.17, 15) is 18.0 Å². The lowest BCUT2D eigenvalue weighted by Crippen LogP contribution is -2.44. The van der Waals surface area contributed by atoms with Crippen LogP contribution < -0.4 is 20.7 Å². The molecule has 1 aromatic rings. The van der Waals surface area contributed by atoms with Gasteiger partial charge in [-0.3, -0.25) is 10.2 Å². The second-order valence-corrected chi connectivity index (χ2v) is 4.67. The first-order valence-corrected chi connectivity index (χ1v) is 5.64. The number of rotatable bonds is 5. The van der Waals surface area contributed by atoms with Crippen molar-refractivity contribution in [3.63, 3.8) is 0 Å². The number of benzene rings is 1. The smallest absolute Gasteiger partial charge is 0.492 e. The predicted molar refractivity (Wildman–Crippen MR) is 64.7 cm³/mol. The normalized spacial score (nSPS) is 11.9. The number of hydrogen-bond acceptors (Lipinski definition) is 4. The highest BCUT2D eigenvalue weighted by Crippen LogP contribution is 2.25. The van der Waals surface area contributed by atoms with E-state index in [2.05, 4.69) is 4.74 Å². The average molecular weight is 292 g/mol. The summed E-state index contributed by atoms with van der Waals surface area (Å²) < 4.78 is 44.9. The highest BCUT2D eigenvalue weighted by Gasteiger charge is 2.31. The van der Waals surface area contributed by atoms with Gasteiger partial charge in [0.15, 0.2) is 0 Å². The summed E-state index contributed by atoms with van der Waals surface area (Å²) in [4.78, 5) is 11.4. The topological polar surface area (TPSA) is 73.6 Å². The Morgan fingerprint density at radius 1 is 1.20 bits per heavy atom. The SMILES string of the molecule is CC(C)(COc1ccc(OC(F)(F)F)cc1)C(=O)NN. The van der Waals surface area contributed by atoms with E-state index in [1.807, 2.05) is 5.43 Å². The molecular formula is C12H15F3N2O3. The van der Waals surface area contributed by atoms with Crippen LogP contribution in [0.5, 0.6) is 11.5 Å². The first-order chi connectivity index (χ1) is 9.14. The molecule has 112 valence electrons. The molecule has 0 heterocycles. The van der Waals surface area contributed by atoms with Crippen molar-refractivity contribution in [1.29, 1.82) is 0 Å². The van der Waals surface area contributed by atoms with Crippen LogP contribution in [0.4, 0.5) is 13.2 Å². The molecule has 1 aromatic carbocycles. The Kier molecular flexibility index (Phi) is 4.83. The van der Waals surface area contributed by atoms with Crippen LogP contribution in [0.2, 0.25) is 0 Å². The lowest BCUT2D eigenvalue weighted by molar-refractivity contribution is -0.274. The van der Waals surface area contributed by atoms with Gasteiger partial charge in [0, 0.05) is 0 Å². The number of amides is 1. The number of hydrogen-bond donors (Lipinski definition) is 2. The largest absolute Gasteiger partial charge is 0.573 e. The maximum Gasteiger partial charge on any atom is 0.573 e. The minimum Gasteiger partial charge on any atom is -0.492 e. The van der Waals surface area contributed by atoms with Gasteiger partial charge in [-0.1, -0.05) is 0 Å². The van der Waals surface area contributed by atoms with Crippen molar-refractivity contribution < 1.29 is 27.4 Å². The standard InChI is InChI=1S/C12H15F3N2O3/c1-11(2,10(18)17-16)7-19-8-3-5-9(6-4-8)20-12(13,14)15/h3-6H,7,16H2,1-2H3,(H,17,18). The van der Waals surface area contributed by atoms with Gasteiger partial charge in [-0.05, 0) is 38.1 Å². The van der Waals surface area contributed by atoms with Gasteiger partial charge in [0.2, 0.25) is 5.91 Å². The molecule has 0 aliphatic heterocycles. The molecular weight excluding hydrogens is 277 g/mol. The van der Waals surface area contributed by atoms with Crippen LogP contribution in [-0.2, 0) is 4.79 Å². The highest BCUT2D eigenvalue weighted by atomic mass is 19.4. The first-order valence-electron chi connectivity index (χ1n) is 5.64. The fourth-order valence-corrected chi connectivity index (χ4v) is 1.26. The van der Waals surface area contributed by atoms with Gasteiger partial charge in [0.25, 0.3) is 0 Å². The highest BCUT2D eigenvalue weighted by molar-refractivity contribution is 5.81. The molecule has 0 unspecified atom stereocenters. The van der Waals surface area contributed by atoms with E-state index in [1.165, 1.54) is 12.1 Å². The Hall–Kier alpha value is -1.96. The number of hydrazine groups is 1. The van der Waals surface area contributed by atoms with Crippen molar-refractivity contribution in [2.24, 2.45) is 11.3 Å².